The third kappa shape index (κ3) is 2.64. The van der Waals surface area contributed by atoms with Gasteiger partial charge in [0.05, 0.1) is 5.52 Å². The van der Waals surface area contributed by atoms with Crippen LogP contribution >= 0.6 is 11.6 Å². The van der Waals surface area contributed by atoms with E-state index in [1.807, 2.05) is 18.2 Å². The van der Waals surface area contributed by atoms with Crippen LogP contribution in [0.2, 0.25) is 5.15 Å². The van der Waals surface area contributed by atoms with E-state index in [-0.39, 0.29) is 0 Å². The van der Waals surface area contributed by atoms with E-state index in [0.29, 0.717) is 11.0 Å². The summed E-state index contributed by atoms with van der Waals surface area (Å²) < 4.78 is 0. The van der Waals surface area contributed by atoms with E-state index in [1.165, 1.54) is 11.1 Å². The van der Waals surface area contributed by atoms with E-state index >= 15 is 0 Å². The van der Waals surface area contributed by atoms with Crippen molar-refractivity contribution in [2.45, 2.75) is 26.7 Å². The molecule has 0 bridgehead atoms. The molecular formula is C18H17ClN2. The first-order valence-electron chi connectivity index (χ1n) is 7.27. The van der Waals surface area contributed by atoms with Gasteiger partial charge in [0.15, 0.2) is 5.82 Å². The molecular weight excluding hydrogens is 280 g/mol. The molecule has 2 aromatic carbocycles. The molecule has 0 atom stereocenters. The Morgan fingerprint density at radius 3 is 2.52 bits per heavy atom. The average molecular weight is 297 g/mol. The normalized spacial score (nSPS) is 11.0. The van der Waals surface area contributed by atoms with Gasteiger partial charge in [-0.25, -0.2) is 9.97 Å². The van der Waals surface area contributed by atoms with E-state index in [2.05, 4.69) is 43.1 Å². The summed E-state index contributed by atoms with van der Waals surface area (Å²) in [6, 6.07) is 14.4. The highest BCUT2D eigenvalue weighted by molar-refractivity contribution is 6.34. The minimum atomic E-state index is 0.524. The molecule has 0 saturated carbocycles. The van der Waals surface area contributed by atoms with Crippen LogP contribution in [0.3, 0.4) is 0 Å². The summed E-state index contributed by atoms with van der Waals surface area (Å²) in [4.78, 5) is 9.20. The Morgan fingerprint density at radius 2 is 1.76 bits per heavy atom. The Labute approximate surface area is 129 Å². The zero-order valence-electron chi connectivity index (χ0n) is 12.2. The van der Waals surface area contributed by atoms with Crippen molar-refractivity contribution in [2.75, 3.05) is 0 Å². The van der Waals surface area contributed by atoms with Crippen molar-refractivity contribution < 1.29 is 0 Å². The molecule has 0 fully saturated rings. The number of aryl methyl sites for hydroxylation is 2. The summed E-state index contributed by atoms with van der Waals surface area (Å²) in [7, 11) is 0. The number of hydrogen-bond acceptors (Lipinski definition) is 2. The monoisotopic (exact) mass is 296 g/mol. The second-order valence-electron chi connectivity index (χ2n) is 5.05. The van der Waals surface area contributed by atoms with Crippen molar-refractivity contribution >= 4 is 22.5 Å². The largest absolute Gasteiger partial charge is 0.228 e. The van der Waals surface area contributed by atoms with Gasteiger partial charge in [0.1, 0.15) is 5.15 Å². The van der Waals surface area contributed by atoms with Crippen LogP contribution in [0.4, 0.5) is 0 Å². The summed E-state index contributed by atoms with van der Waals surface area (Å²) in [5, 5.41) is 1.45. The minimum Gasteiger partial charge on any atom is -0.228 e. The lowest BCUT2D eigenvalue weighted by molar-refractivity contribution is 1.12. The highest BCUT2D eigenvalue weighted by Crippen LogP contribution is 2.27. The zero-order valence-corrected chi connectivity index (χ0v) is 13.0. The first-order chi connectivity index (χ1) is 10.2. The second kappa shape index (κ2) is 5.82. The van der Waals surface area contributed by atoms with Gasteiger partial charge >= 0.3 is 0 Å². The number of nitrogens with zero attached hydrogens (tertiary/aromatic N) is 2. The number of halogens is 1. The molecule has 3 rings (SSSR count). The van der Waals surface area contributed by atoms with Crippen LogP contribution in [0.15, 0.2) is 42.5 Å². The standard InChI is InChI=1S/C18H17ClN2/c1-3-12-9-10-16-15(11-12)17(19)21-18(20-16)14-8-6-5-7-13(14)4-2/h5-11H,3-4H2,1-2H3. The molecule has 0 N–H and O–H groups in total. The van der Waals surface area contributed by atoms with Gasteiger partial charge in [-0.05, 0) is 36.1 Å². The molecule has 3 aromatic rings. The molecule has 0 aliphatic rings. The predicted octanol–water partition coefficient (Wildman–Crippen LogP) is 5.08. The fraction of sp³-hybridized carbons (Fsp3) is 0.222. The SMILES string of the molecule is CCc1ccc2nc(-c3ccccc3CC)nc(Cl)c2c1. The molecule has 0 saturated heterocycles. The molecule has 0 amide bonds. The van der Waals surface area contributed by atoms with Crippen molar-refractivity contribution in [3.8, 4) is 11.4 Å². The van der Waals surface area contributed by atoms with E-state index in [1.54, 1.807) is 0 Å². The van der Waals surface area contributed by atoms with Crippen molar-refractivity contribution in [3.63, 3.8) is 0 Å². The summed E-state index contributed by atoms with van der Waals surface area (Å²) in [6.07, 6.45) is 1.93. The topological polar surface area (TPSA) is 25.8 Å². The molecule has 106 valence electrons. The lowest BCUT2D eigenvalue weighted by atomic mass is 10.0. The van der Waals surface area contributed by atoms with Crippen molar-refractivity contribution in [2.24, 2.45) is 0 Å². The minimum absolute atomic E-state index is 0.524. The van der Waals surface area contributed by atoms with Gasteiger partial charge in [-0.2, -0.15) is 0 Å². The van der Waals surface area contributed by atoms with Crippen LogP contribution in [0.5, 0.6) is 0 Å². The Hall–Kier alpha value is -1.93. The van der Waals surface area contributed by atoms with Gasteiger partial charge in [0.2, 0.25) is 0 Å². The van der Waals surface area contributed by atoms with Gasteiger partial charge in [0, 0.05) is 10.9 Å². The Kier molecular flexibility index (Phi) is 3.89. The van der Waals surface area contributed by atoms with E-state index in [9.17, 15) is 0 Å². The van der Waals surface area contributed by atoms with Crippen molar-refractivity contribution in [1.82, 2.24) is 9.97 Å². The number of benzene rings is 2. The van der Waals surface area contributed by atoms with Gasteiger partial charge in [-0.3, -0.25) is 0 Å². The molecule has 3 heteroatoms. The first kappa shape index (κ1) is 14.0. The molecule has 1 heterocycles. The van der Waals surface area contributed by atoms with E-state index < -0.39 is 0 Å². The van der Waals surface area contributed by atoms with E-state index in [4.69, 9.17) is 16.6 Å². The van der Waals surface area contributed by atoms with Crippen LogP contribution in [-0.2, 0) is 12.8 Å². The highest BCUT2D eigenvalue weighted by atomic mass is 35.5. The molecule has 0 aliphatic carbocycles. The van der Waals surface area contributed by atoms with Crippen molar-refractivity contribution in [3.05, 3.63) is 58.7 Å². The van der Waals surface area contributed by atoms with E-state index in [0.717, 1.165) is 29.3 Å². The number of hydrogen-bond donors (Lipinski definition) is 0. The Bertz CT molecular complexity index is 796. The highest BCUT2D eigenvalue weighted by Gasteiger charge is 2.10. The molecule has 21 heavy (non-hydrogen) atoms. The Morgan fingerprint density at radius 1 is 0.952 bits per heavy atom. The molecule has 1 aromatic heterocycles. The summed E-state index contributed by atoms with van der Waals surface area (Å²) in [5.74, 6) is 0.703. The molecule has 0 spiro atoms. The van der Waals surface area contributed by atoms with Gasteiger partial charge in [-0.1, -0.05) is 55.8 Å². The van der Waals surface area contributed by atoms with Crippen LogP contribution in [0.1, 0.15) is 25.0 Å². The number of rotatable bonds is 3. The third-order valence-electron chi connectivity index (χ3n) is 3.76. The molecule has 0 radical (unpaired) electrons. The molecule has 0 aliphatic heterocycles. The second-order valence-corrected chi connectivity index (χ2v) is 5.41. The summed E-state index contributed by atoms with van der Waals surface area (Å²) in [5.41, 5.74) is 4.43. The summed E-state index contributed by atoms with van der Waals surface area (Å²) >= 11 is 6.39. The van der Waals surface area contributed by atoms with Crippen molar-refractivity contribution in [1.29, 1.82) is 0 Å². The van der Waals surface area contributed by atoms with Gasteiger partial charge in [-0.15, -0.1) is 0 Å². The quantitative estimate of drug-likeness (QED) is 0.630. The third-order valence-corrected chi connectivity index (χ3v) is 4.05. The van der Waals surface area contributed by atoms with Crippen LogP contribution in [0, 0.1) is 0 Å². The lowest BCUT2D eigenvalue weighted by Gasteiger charge is -2.09. The molecule has 2 nitrogen and oxygen atoms in total. The maximum Gasteiger partial charge on any atom is 0.161 e. The first-order valence-corrected chi connectivity index (χ1v) is 7.65. The maximum atomic E-state index is 6.39. The van der Waals surface area contributed by atoms with Gasteiger partial charge < -0.3 is 0 Å². The number of aromatic nitrogens is 2. The van der Waals surface area contributed by atoms with Crippen LogP contribution in [0.25, 0.3) is 22.3 Å². The summed E-state index contributed by atoms with van der Waals surface area (Å²) in [6.45, 7) is 4.26. The fourth-order valence-corrected chi connectivity index (χ4v) is 2.76. The fourth-order valence-electron chi connectivity index (χ4n) is 2.53. The number of fused-ring (bicyclic) bond motifs is 1. The Balaban J connectivity index is 2.21. The molecule has 0 unspecified atom stereocenters. The zero-order chi connectivity index (χ0) is 14.8. The maximum absolute atomic E-state index is 6.39. The average Bonchev–Trinajstić information content (AvgIpc) is 2.54. The van der Waals surface area contributed by atoms with Crippen LogP contribution < -0.4 is 0 Å². The van der Waals surface area contributed by atoms with Crippen LogP contribution in [-0.4, -0.2) is 9.97 Å². The smallest absolute Gasteiger partial charge is 0.161 e. The predicted molar refractivity (Wildman–Crippen MR) is 88.7 cm³/mol. The lowest BCUT2D eigenvalue weighted by Crippen LogP contribution is -1.96. The van der Waals surface area contributed by atoms with Gasteiger partial charge in [0.25, 0.3) is 0 Å².